The third-order valence-electron chi connectivity index (χ3n) is 2.99. The van der Waals surface area contributed by atoms with Gasteiger partial charge in [-0.15, -0.1) is 0 Å². The van der Waals surface area contributed by atoms with Crippen molar-refractivity contribution in [3.05, 3.63) is 58.8 Å². The van der Waals surface area contributed by atoms with Crippen molar-refractivity contribution in [2.45, 2.75) is 0 Å². The minimum absolute atomic E-state index is 0.307. The molecule has 0 aliphatic heterocycles. The summed E-state index contributed by atoms with van der Waals surface area (Å²) in [6.45, 7) is 0.629. The van der Waals surface area contributed by atoms with Crippen LogP contribution in [0.5, 0.6) is 11.6 Å². The van der Waals surface area contributed by atoms with Gasteiger partial charge in [0.2, 0.25) is 5.88 Å². The molecule has 6 heteroatoms. The standard InChI is InChI=1S/C16H12Cl2N2O2/c17-12-5-3-6-13(18)15(12)21-8-9-22-16-11-4-1-2-7-14(11)19-10-20-16/h1-7,10H,8-9H2. The lowest BCUT2D eigenvalue weighted by Gasteiger charge is -2.11. The molecule has 0 atom stereocenters. The minimum Gasteiger partial charge on any atom is -0.487 e. The van der Waals surface area contributed by atoms with E-state index in [2.05, 4.69) is 9.97 Å². The second kappa shape index (κ2) is 6.81. The van der Waals surface area contributed by atoms with Crippen LogP contribution in [0.4, 0.5) is 0 Å². The highest BCUT2D eigenvalue weighted by Crippen LogP contribution is 2.32. The lowest BCUT2D eigenvalue weighted by atomic mass is 10.2. The molecule has 0 N–H and O–H groups in total. The minimum atomic E-state index is 0.307. The molecule has 0 amide bonds. The number of aromatic nitrogens is 2. The van der Waals surface area contributed by atoms with Crippen LogP contribution in [0.2, 0.25) is 10.0 Å². The molecule has 0 fully saturated rings. The van der Waals surface area contributed by atoms with Crippen LogP contribution in [0.25, 0.3) is 10.9 Å². The number of hydrogen-bond acceptors (Lipinski definition) is 4. The van der Waals surface area contributed by atoms with Crippen molar-refractivity contribution in [2.75, 3.05) is 13.2 Å². The number of nitrogens with zero attached hydrogens (tertiary/aromatic N) is 2. The summed E-state index contributed by atoms with van der Waals surface area (Å²) in [6.07, 6.45) is 1.48. The van der Waals surface area contributed by atoms with E-state index in [1.54, 1.807) is 18.2 Å². The molecular formula is C16H12Cl2N2O2. The Balaban J connectivity index is 1.63. The zero-order valence-electron chi connectivity index (χ0n) is 11.5. The van der Waals surface area contributed by atoms with Crippen molar-refractivity contribution < 1.29 is 9.47 Å². The summed E-state index contributed by atoms with van der Waals surface area (Å²) in [7, 11) is 0. The quantitative estimate of drug-likeness (QED) is 0.649. The molecule has 3 aromatic rings. The Morgan fingerprint density at radius 3 is 2.36 bits per heavy atom. The molecule has 112 valence electrons. The summed E-state index contributed by atoms with van der Waals surface area (Å²) in [5.41, 5.74) is 0.836. The predicted octanol–water partition coefficient (Wildman–Crippen LogP) is 4.39. The van der Waals surface area contributed by atoms with Gasteiger partial charge in [0, 0.05) is 0 Å². The summed E-state index contributed by atoms with van der Waals surface area (Å²) in [5.74, 6) is 0.987. The van der Waals surface area contributed by atoms with Crippen LogP contribution >= 0.6 is 23.2 Å². The van der Waals surface area contributed by atoms with E-state index in [-0.39, 0.29) is 0 Å². The number of para-hydroxylation sites is 2. The van der Waals surface area contributed by atoms with Gasteiger partial charge in [0.25, 0.3) is 0 Å². The maximum atomic E-state index is 6.03. The molecule has 0 spiro atoms. The molecular weight excluding hydrogens is 323 g/mol. The van der Waals surface area contributed by atoms with E-state index >= 15 is 0 Å². The Bertz CT molecular complexity index is 770. The van der Waals surface area contributed by atoms with Gasteiger partial charge in [0.1, 0.15) is 19.5 Å². The smallest absolute Gasteiger partial charge is 0.224 e. The number of rotatable bonds is 5. The summed E-state index contributed by atoms with van der Waals surface area (Å²) < 4.78 is 11.2. The first-order valence-corrected chi connectivity index (χ1v) is 7.40. The second-order valence-electron chi connectivity index (χ2n) is 4.44. The Labute approximate surface area is 137 Å². The number of halogens is 2. The lowest BCUT2D eigenvalue weighted by molar-refractivity contribution is 0.214. The number of hydrogen-bond donors (Lipinski definition) is 0. The Hall–Kier alpha value is -2.04. The van der Waals surface area contributed by atoms with Crippen molar-refractivity contribution in [1.29, 1.82) is 0 Å². The first-order chi connectivity index (χ1) is 10.8. The van der Waals surface area contributed by atoms with E-state index in [0.29, 0.717) is 34.9 Å². The molecule has 1 heterocycles. The van der Waals surface area contributed by atoms with E-state index in [0.717, 1.165) is 10.9 Å². The number of benzene rings is 2. The van der Waals surface area contributed by atoms with Crippen LogP contribution in [-0.2, 0) is 0 Å². The Morgan fingerprint density at radius 2 is 1.55 bits per heavy atom. The molecule has 0 unspecified atom stereocenters. The van der Waals surface area contributed by atoms with Crippen molar-refractivity contribution in [2.24, 2.45) is 0 Å². The largest absolute Gasteiger partial charge is 0.487 e. The maximum Gasteiger partial charge on any atom is 0.224 e. The molecule has 0 bridgehead atoms. The molecule has 1 aromatic heterocycles. The van der Waals surface area contributed by atoms with Crippen LogP contribution in [0.15, 0.2) is 48.8 Å². The van der Waals surface area contributed by atoms with Gasteiger partial charge in [-0.1, -0.05) is 41.4 Å². The monoisotopic (exact) mass is 334 g/mol. The molecule has 3 rings (SSSR count). The number of ether oxygens (including phenoxy) is 2. The summed E-state index contributed by atoms with van der Waals surface area (Å²) in [5, 5.41) is 1.81. The van der Waals surface area contributed by atoms with E-state index < -0.39 is 0 Å². The average molecular weight is 335 g/mol. The van der Waals surface area contributed by atoms with Gasteiger partial charge in [-0.25, -0.2) is 9.97 Å². The van der Waals surface area contributed by atoms with Crippen LogP contribution in [-0.4, -0.2) is 23.2 Å². The van der Waals surface area contributed by atoms with E-state index in [1.807, 2.05) is 24.3 Å². The number of fused-ring (bicyclic) bond motifs is 1. The molecule has 0 radical (unpaired) electrons. The Kier molecular flexibility index (Phi) is 4.61. The van der Waals surface area contributed by atoms with Crippen LogP contribution in [0.1, 0.15) is 0 Å². The highest BCUT2D eigenvalue weighted by molar-refractivity contribution is 6.37. The van der Waals surface area contributed by atoms with Gasteiger partial charge in [-0.05, 0) is 24.3 Å². The third kappa shape index (κ3) is 3.24. The van der Waals surface area contributed by atoms with Crippen LogP contribution in [0.3, 0.4) is 0 Å². The lowest BCUT2D eigenvalue weighted by Crippen LogP contribution is -2.10. The summed E-state index contributed by atoms with van der Waals surface area (Å²) >= 11 is 12.1. The fraction of sp³-hybridized carbons (Fsp3) is 0.125. The van der Waals surface area contributed by atoms with Gasteiger partial charge in [0.15, 0.2) is 5.75 Å². The zero-order chi connectivity index (χ0) is 15.4. The van der Waals surface area contributed by atoms with Gasteiger partial charge in [0.05, 0.1) is 20.9 Å². The van der Waals surface area contributed by atoms with Crippen molar-refractivity contribution in [3.8, 4) is 11.6 Å². The van der Waals surface area contributed by atoms with E-state index in [4.69, 9.17) is 32.7 Å². The summed E-state index contributed by atoms with van der Waals surface area (Å²) in [4.78, 5) is 8.33. The van der Waals surface area contributed by atoms with Crippen molar-refractivity contribution in [3.63, 3.8) is 0 Å². The zero-order valence-corrected chi connectivity index (χ0v) is 13.0. The van der Waals surface area contributed by atoms with Crippen LogP contribution < -0.4 is 9.47 Å². The highest BCUT2D eigenvalue weighted by Gasteiger charge is 2.07. The second-order valence-corrected chi connectivity index (χ2v) is 5.26. The van der Waals surface area contributed by atoms with Crippen LogP contribution in [0, 0.1) is 0 Å². The molecule has 0 aliphatic rings. The fourth-order valence-electron chi connectivity index (χ4n) is 2.00. The van der Waals surface area contributed by atoms with Gasteiger partial charge in [-0.2, -0.15) is 0 Å². The van der Waals surface area contributed by atoms with Gasteiger partial charge < -0.3 is 9.47 Å². The van der Waals surface area contributed by atoms with Gasteiger partial charge >= 0.3 is 0 Å². The molecule has 0 saturated heterocycles. The molecule has 2 aromatic carbocycles. The fourth-order valence-corrected chi connectivity index (χ4v) is 2.50. The third-order valence-corrected chi connectivity index (χ3v) is 3.59. The van der Waals surface area contributed by atoms with Crippen molar-refractivity contribution in [1.82, 2.24) is 9.97 Å². The normalized spacial score (nSPS) is 10.6. The first-order valence-electron chi connectivity index (χ1n) is 6.65. The van der Waals surface area contributed by atoms with Gasteiger partial charge in [-0.3, -0.25) is 0 Å². The van der Waals surface area contributed by atoms with Crippen molar-refractivity contribution >= 4 is 34.1 Å². The Morgan fingerprint density at radius 1 is 0.818 bits per heavy atom. The molecule has 0 saturated carbocycles. The summed E-state index contributed by atoms with van der Waals surface area (Å²) in [6, 6.07) is 12.9. The first kappa shape index (κ1) is 14.9. The molecule has 4 nitrogen and oxygen atoms in total. The maximum absolute atomic E-state index is 6.03. The average Bonchev–Trinajstić information content (AvgIpc) is 2.54. The SMILES string of the molecule is Clc1cccc(Cl)c1OCCOc1ncnc2ccccc12. The molecule has 0 aliphatic carbocycles. The molecule has 22 heavy (non-hydrogen) atoms. The topological polar surface area (TPSA) is 44.2 Å². The predicted molar refractivity (Wildman–Crippen MR) is 87.0 cm³/mol. The highest BCUT2D eigenvalue weighted by atomic mass is 35.5. The van der Waals surface area contributed by atoms with E-state index in [1.165, 1.54) is 6.33 Å². The van der Waals surface area contributed by atoms with E-state index in [9.17, 15) is 0 Å².